The number of likely N-dealkylation sites (tertiary alicyclic amines) is 1. The summed E-state index contributed by atoms with van der Waals surface area (Å²) in [5.41, 5.74) is 6.14. The minimum Gasteiger partial charge on any atom is -0.346 e. The molecule has 2 fully saturated rings. The van der Waals surface area contributed by atoms with Gasteiger partial charge >= 0.3 is 0 Å². The quantitative estimate of drug-likeness (QED) is 0.823. The summed E-state index contributed by atoms with van der Waals surface area (Å²) < 4.78 is 0. The molecule has 0 aromatic carbocycles. The first-order valence-electron chi connectivity index (χ1n) is 8.25. The van der Waals surface area contributed by atoms with Crippen LogP contribution in [0.5, 0.6) is 0 Å². The van der Waals surface area contributed by atoms with Gasteiger partial charge < -0.3 is 16.0 Å². The number of nitrogens with zero attached hydrogens (tertiary/aromatic N) is 1. The Morgan fingerprint density at radius 1 is 1.18 bits per heavy atom. The molecular weight excluding hydrogens is 302 g/mol. The number of hydrogen-bond acceptors (Lipinski definition) is 3. The topological polar surface area (TPSA) is 75.4 Å². The molecule has 1 saturated carbocycles. The second kappa shape index (κ2) is 8.16. The van der Waals surface area contributed by atoms with E-state index in [4.69, 9.17) is 5.73 Å². The van der Waals surface area contributed by atoms with E-state index in [-0.39, 0.29) is 36.7 Å². The Kier molecular flexibility index (Phi) is 7.13. The summed E-state index contributed by atoms with van der Waals surface area (Å²) in [7, 11) is 0. The predicted octanol–water partition coefficient (Wildman–Crippen LogP) is 1.69. The first-order chi connectivity index (χ1) is 9.93. The zero-order chi connectivity index (χ0) is 15.5. The van der Waals surface area contributed by atoms with Crippen LogP contribution in [0.2, 0.25) is 0 Å². The van der Waals surface area contributed by atoms with Gasteiger partial charge in [-0.05, 0) is 30.6 Å². The number of amides is 2. The zero-order valence-electron chi connectivity index (χ0n) is 13.8. The highest BCUT2D eigenvalue weighted by Gasteiger charge is 2.40. The van der Waals surface area contributed by atoms with E-state index in [1.165, 1.54) is 32.1 Å². The van der Waals surface area contributed by atoms with Crippen LogP contribution >= 0.6 is 12.4 Å². The molecule has 5 nitrogen and oxygen atoms in total. The Balaban J connectivity index is 0.00000242. The third-order valence-electron chi connectivity index (χ3n) is 5.14. The predicted molar refractivity (Wildman–Crippen MR) is 89.8 cm³/mol. The SMILES string of the molecule is CC(C)[C@H](N)C(=O)NCC(=O)N1CCC2(CCCCC2)C1.Cl. The van der Waals surface area contributed by atoms with E-state index in [1.807, 2.05) is 18.7 Å². The number of nitrogens with two attached hydrogens (primary N) is 1. The molecule has 0 bridgehead atoms. The van der Waals surface area contributed by atoms with Gasteiger partial charge in [-0.15, -0.1) is 12.4 Å². The lowest BCUT2D eigenvalue weighted by atomic mass is 9.73. The van der Waals surface area contributed by atoms with Crippen LogP contribution in [-0.2, 0) is 9.59 Å². The third-order valence-corrected chi connectivity index (χ3v) is 5.14. The van der Waals surface area contributed by atoms with E-state index < -0.39 is 6.04 Å². The molecule has 6 heteroatoms. The fourth-order valence-electron chi connectivity index (χ4n) is 3.55. The number of nitrogens with one attached hydrogen (secondary N) is 1. The van der Waals surface area contributed by atoms with Gasteiger partial charge in [-0.25, -0.2) is 0 Å². The molecule has 0 aromatic rings. The summed E-state index contributed by atoms with van der Waals surface area (Å²) in [6, 6.07) is -0.541. The Labute approximate surface area is 139 Å². The van der Waals surface area contributed by atoms with Crippen molar-refractivity contribution in [1.29, 1.82) is 0 Å². The second-order valence-corrected chi connectivity index (χ2v) is 7.11. The fourth-order valence-corrected chi connectivity index (χ4v) is 3.55. The van der Waals surface area contributed by atoms with Crippen molar-refractivity contribution in [3.05, 3.63) is 0 Å². The molecule has 2 aliphatic rings. The molecule has 1 aliphatic heterocycles. The van der Waals surface area contributed by atoms with Crippen LogP contribution in [0.3, 0.4) is 0 Å². The standard InChI is InChI=1S/C16H29N3O2.ClH/c1-12(2)14(17)15(21)18-10-13(20)19-9-8-16(11-19)6-4-3-5-7-16;/h12,14H,3-11,17H2,1-2H3,(H,18,21);1H/t14-;/m0./s1. The van der Waals surface area contributed by atoms with E-state index in [9.17, 15) is 9.59 Å². The largest absolute Gasteiger partial charge is 0.346 e. The molecule has 1 atom stereocenters. The Morgan fingerprint density at radius 3 is 2.41 bits per heavy atom. The minimum atomic E-state index is -0.541. The maximum atomic E-state index is 12.2. The van der Waals surface area contributed by atoms with Crippen molar-refractivity contribution in [3.63, 3.8) is 0 Å². The normalized spacial score (nSPS) is 21.5. The molecule has 3 N–H and O–H groups in total. The highest BCUT2D eigenvalue weighted by atomic mass is 35.5. The van der Waals surface area contributed by atoms with Crippen LogP contribution in [0, 0.1) is 11.3 Å². The van der Waals surface area contributed by atoms with Gasteiger partial charge in [-0.1, -0.05) is 33.1 Å². The van der Waals surface area contributed by atoms with Gasteiger partial charge in [0, 0.05) is 13.1 Å². The van der Waals surface area contributed by atoms with E-state index in [0.717, 1.165) is 19.5 Å². The fraction of sp³-hybridized carbons (Fsp3) is 0.875. The van der Waals surface area contributed by atoms with Gasteiger partial charge in [0.2, 0.25) is 11.8 Å². The van der Waals surface area contributed by atoms with Crippen molar-refractivity contribution < 1.29 is 9.59 Å². The molecule has 1 spiro atoms. The van der Waals surface area contributed by atoms with Gasteiger partial charge in [0.1, 0.15) is 0 Å². The number of halogens is 1. The van der Waals surface area contributed by atoms with E-state index in [0.29, 0.717) is 5.41 Å². The van der Waals surface area contributed by atoms with Crippen molar-refractivity contribution in [3.8, 4) is 0 Å². The molecule has 0 aromatic heterocycles. The number of carbonyl (C=O) groups excluding carboxylic acids is 2. The highest BCUT2D eigenvalue weighted by molar-refractivity contribution is 5.87. The summed E-state index contributed by atoms with van der Waals surface area (Å²) in [6.45, 7) is 5.59. The average molecular weight is 332 g/mol. The first-order valence-corrected chi connectivity index (χ1v) is 8.25. The lowest BCUT2D eigenvalue weighted by Crippen LogP contribution is -2.47. The molecule has 0 unspecified atom stereocenters. The summed E-state index contributed by atoms with van der Waals surface area (Å²) in [5, 5.41) is 2.68. The van der Waals surface area contributed by atoms with E-state index in [2.05, 4.69) is 5.32 Å². The lowest BCUT2D eigenvalue weighted by molar-refractivity contribution is -0.133. The summed E-state index contributed by atoms with van der Waals surface area (Å²) in [5.74, 6) is -0.121. The zero-order valence-corrected chi connectivity index (χ0v) is 14.6. The van der Waals surface area contributed by atoms with Gasteiger partial charge in [0.05, 0.1) is 12.6 Å². The monoisotopic (exact) mass is 331 g/mol. The van der Waals surface area contributed by atoms with Gasteiger partial charge in [-0.3, -0.25) is 9.59 Å². The maximum Gasteiger partial charge on any atom is 0.241 e. The Morgan fingerprint density at radius 2 is 1.82 bits per heavy atom. The molecule has 1 aliphatic carbocycles. The van der Waals surface area contributed by atoms with Crippen LogP contribution in [-0.4, -0.2) is 42.4 Å². The van der Waals surface area contributed by atoms with Gasteiger partial charge in [0.15, 0.2) is 0 Å². The van der Waals surface area contributed by atoms with Crippen molar-refractivity contribution in [2.75, 3.05) is 19.6 Å². The average Bonchev–Trinajstić information content (AvgIpc) is 2.88. The molecule has 2 rings (SSSR count). The van der Waals surface area contributed by atoms with Crippen LogP contribution in [0.15, 0.2) is 0 Å². The molecule has 0 radical (unpaired) electrons. The van der Waals surface area contributed by atoms with Crippen molar-refractivity contribution in [1.82, 2.24) is 10.2 Å². The molecular formula is C16H30ClN3O2. The summed E-state index contributed by atoms with van der Waals surface area (Å²) in [4.78, 5) is 26.0. The van der Waals surface area contributed by atoms with Crippen molar-refractivity contribution in [2.24, 2.45) is 17.1 Å². The highest BCUT2D eigenvalue weighted by Crippen LogP contribution is 2.43. The maximum absolute atomic E-state index is 12.2. The number of hydrogen-bond donors (Lipinski definition) is 2. The van der Waals surface area contributed by atoms with Gasteiger partial charge in [-0.2, -0.15) is 0 Å². The van der Waals surface area contributed by atoms with Crippen molar-refractivity contribution in [2.45, 2.75) is 58.4 Å². The molecule has 22 heavy (non-hydrogen) atoms. The second-order valence-electron chi connectivity index (χ2n) is 7.11. The van der Waals surface area contributed by atoms with Crippen LogP contribution in [0.1, 0.15) is 52.4 Å². The van der Waals surface area contributed by atoms with E-state index >= 15 is 0 Å². The Hall–Kier alpha value is -0.810. The van der Waals surface area contributed by atoms with Crippen molar-refractivity contribution >= 4 is 24.2 Å². The van der Waals surface area contributed by atoms with Crippen LogP contribution < -0.4 is 11.1 Å². The van der Waals surface area contributed by atoms with E-state index in [1.54, 1.807) is 0 Å². The van der Waals surface area contributed by atoms with Crippen LogP contribution in [0.4, 0.5) is 0 Å². The first kappa shape index (κ1) is 19.2. The van der Waals surface area contributed by atoms with Crippen LogP contribution in [0.25, 0.3) is 0 Å². The smallest absolute Gasteiger partial charge is 0.241 e. The third kappa shape index (κ3) is 4.59. The lowest BCUT2D eigenvalue weighted by Gasteiger charge is -2.33. The van der Waals surface area contributed by atoms with Gasteiger partial charge in [0.25, 0.3) is 0 Å². The summed E-state index contributed by atoms with van der Waals surface area (Å²) >= 11 is 0. The number of rotatable bonds is 4. The minimum absolute atomic E-state index is 0. The molecule has 1 saturated heterocycles. The molecule has 1 heterocycles. The summed E-state index contributed by atoms with van der Waals surface area (Å²) in [6.07, 6.45) is 7.55. The molecule has 128 valence electrons. The number of carbonyl (C=O) groups is 2. The Bertz CT molecular complexity index is 395. The molecule has 2 amide bonds.